The average Bonchev–Trinajstić information content (AvgIpc) is 3.41. The highest BCUT2D eigenvalue weighted by atomic mass is 16.3. The van der Waals surface area contributed by atoms with Gasteiger partial charge in [0.05, 0.1) is 17.5 Å². The summed E-state index contributed by atoms with van der Waals surface area (Å²) in [7, 11) is 1.92. The molecule has 0 radical (unpaired) electrons. The summed E-state index contributed by atoms with van der Waals surface area (Å²) in [6.07, 6.45) is 5.77. The Kier molecular flexibility index (Phi) is 3.87. The van der Waals surface area contributed by atoms with Crippen molar-refractivity contribution in [2.24, 2.45) is 7.05 Å². The zero-order chi connectivity index (χ0) is 20.1. The molecule has 3 amide bonds. The zero-order valence-corrected chi connectivity index (χ0v) is 15.7. The molecule has 5 rings (SSSR count). The van der Waals surface area contributed by atoms with Gasteiger partial charge in [0, 0.05) is 37.3 Å². The molecule has 1 fully saturated rings. The second-order valence-corrected chi connectivity index (χ2v) is 7.34. The second kappa shape index (κ2) is 6.44. The summed E-state index contributed by atoms with van der Waals surface area (Å²) < 4.78 is 7.07. The molecule has 4 heterocycles. The van der Waals surface area contributed by atoms with Crippen molar-refractivity contribution in [2.45, 2.75) is 25.4 Å². The fourth-order valence-electron chi connectivity index (χ4n) is 4.00. The van der Waals surface area contributed by atoms with E-state index in [9.17, 15) is 14.4 Å². The molecule has 2 aliphatic rings. The number of carbonyl (C=O) groups is 3. The number of nitrogens with one attached hydrogen (secondary N) is 1. The van der Waals surface area contributed by atoms with E-state index < -0.39 is 11.9 Å². The van der Waals surface area contributed by atoms with Crippen molar-refractivity contribution in [1.82, 2.24) is 19.8 Å². The number of aromatic nitrogens is 2. The molecule has 2 aliphatic heterocycles. The summed E-state index contributed by atoms with van der Waals surface area (Å²) in [5, 5.41) is 2.32. The Morgan fingerprint density at radius 1 is 1.17 bits per heavy atom. The molecule has 0 saturated carbocycles. The summed E-state index contributed by atoms with van der Waals surface area (Å²) in [6.45, 7) is 0.343. The molecule has 0 aliphatic carbocycles. The number of imide groups is 1. The van der Waals surface area contributed by atoms with Crippen molar-refractivity contribution in [3.8, 4) is 22.6 Å². The third-order valence-corrected chi connectivity index (χ3v) is 5.48. The minimum Gasteiger partial charge on any atom is -0.472 e. The smallest absolute Gasteiger partial charge is 0.255 e. The highest BCUT2D eigenvalue weighted by Gasteiger charge is 2.39. The Bertz CT molecular complexity index is 1150. The molecular weight excluding hydrogens is 372 g/mol. The largest absolute Gasteiger partial charge is 0.472 e. The first-order chi connectivity index (χ1) is 14.0. The van der Waals surface area contributed by atoms with Gasteiger partial charge in [-0.05, 0) is 30.2 Å². The predicted octanol–water partition coefficient (Wildman–Crippen LogP) is 2.11. The van der Waals surface area contributed by atoms with Crippen molar-refractivity contribution in [1.29, 1.82) is 0 Å². The number of hydrogen-bond donors (Lipinski definition) is 1. The van der Waals surface area contributed by atoms with Gasteiger partial charge in [0.25, 0.3) is 5.91 Å². The molecule has 1 N–H and O–H groups in total. The number of furan rings is 1. The Balaban J connectivity index is 1.44. The van der Waals surface area contributed by atoms with E-state index in [1.165, 1.54) is 0 Å². The Hall–Kier alpha value is -3.68. The molecule has 0 bridgehead atoms. The summed E-state index contributed by atoms with van der Waals surface area (Å²) in [6, 6.07) is 6.84. The van der Waals surface area contributed by atoms with Gasteiger partial charge >= 0.3 is 0 Å². The Morgan fingerprint density at radius 2 is 2.03 bits per heavy atom. The molecule has 29 heavy (non-hydrogen) atoms. The van der Waals surface area contributed by atoms with Gasteiger partial charge < -0.3 is 13.9 Å². The topological polar surface area (TPSA) is 97.4 Å². The minimum atomic E-state index is -0.612. The van der Waals surface area contributed by atoms with Crippen molar-refractivity contribution in [3.63, 3.8) is 0 Å². The Labute approximate surface area is 166 Å². The van der Waals surface area contributed by atoms with Crippen LogP contribution in [0.2, 0.25) is 0 Å². The maximum atomic E-state index is 12.8. The van der Waals surface area contributed by atoms with E-state index in [2.05, 4.69) is 5.32 Å². The molecule has 8 heteroatoms. The van der Waals surface area contributed by atoms with E-state index in [1.807, 2.05) is 36.0 Å². The van der Waals surface area contributed by atoms with Crippen molar-refractivity contribution in [2.75, 3.05) is 0 Å². The molecule has 3 aromatic rings. The van der Waals surface area contributed by atoms with Crippen LogP contribution in [0.15, 0.2) is 47.4 Å². The van der Waals surface area contributed by atoms with Crippen LogP contribution in [0.3, 0.4) is 0 Å². The van der Waals surface area contributed by atoms with Gasteiger partial charge in [-0.25, -0.2) is 4.98 Å². The summed E-state index contributed by atoms with van der Waals surface area (Å²) >= 11 is 0. The molecular formula is C21H18N4O4. The average molecular weight is 390 g/mol. The van der Waals surface area contributed by atoms with Crippen LogP contribution >= 0.6 is 0 Å². The summed E-state index contributed by atoms with van der Waals surface area (Å²) in [4.78, 5) is 42.6. The van der Waals surface area contributed by atoms with Crippen LogP contribution in [0.5, 0.6) is 0 Å². The number of imidazole rings is 1. The van der Waals surface area contributed by atoms with Gasteiger partial charge in [0.2, 0.25) is 11.8 Å². The number of amides is 3. The van der Waals surface area contributed by atoms with Crippen molar-refractivity contribution in [3.05, 3.63) is 54.1 Å². The molecule has 146 valence electrons. The van der Waals surface area contributed by atoms with E-state index in [1.54, 1.807) is 23.5 Å². The monoisotopic (exact) mass is 390 g/mol. The van der Waals surface area contributed by atoms with Gasteiger partial charge in [-0.3, -0.25) is 19.7 Å². The number of piperidine rings is 1. The molecule has 0 spiro atoms. The lowest BCUT2D eigenvalue weighted by Crippen LogP contribution is -2.52. The first kappa shape index (κ1) is 17.4. The number of hydrogen-bond acceptors (Lipinski definition) is 5. The first-order valence-electron chi connectivity index (χ1n) is 9.35. The van der Waals surface area contributed by atoms with Crippen LogP contribution < -0.4 is 5.32 Å². The van der Waals surface area contributed by atoms with Crippen LogP contribution in [0.4, 0.5) is 0 Å². The third kappa shape index (κ3) is 2.84. The molecule has 1 unspecified atom stereocenters. The molecule has 8 nitrogen and oxygen atoms in total. The quantitative estimate of drug-likeness (QED) is 0.691. The second-order valence-electron chi connectivity index (χ2n) is 7.34. The molecule has 2 aromatic heterocycles. The number of aryl methyl sites for hydroxylation is 1. The standard InChI is InChI=1S/C21H18N4O4/c1-24-10-16(22-19(24)13-6-7-29-11-13)12-2-3-15-14(8-12)9-25(21(15)28)17-4-5-18(26)23-20(17)27/h2-3,6-8,10-11,17H,4-5,9H2,1H3,(H,23,26,27). The van der Waals surface area contributed by atoms with E-state index in [-0.39, 0.29) is 18.2 Å². The lowest BCUT2D eigenvalue weighted by molar-refractivity contribution is -0.136. The fraction of sp³-hybridized carbons (Fsp3) is 0.238. The van der Waals surface area contributed by atoms with Gasteiger partial charge in [0.15, 0.2) is 0 Å². The van der Waals surface area contributed by atoms with Crippen LogP contribution in [0, 0.1) is 0 Å². The SMILES string of the molecule is Cn1cc(-c2ccc3c(c2)CN(C2CCC(=O)NC2=O)C3=O)nc1-c1ccoc1. The van der Waals surface area contributed by atoms with E-state index in [0.717, 1.165) is 28.2 Å². The number of fused-ring (bicyclic) bond motifs is 1. The van der Waals surface area contributed by atoms with Crippen LogP contribution in [0.1, 0.15) is 28.8 Å². The van der Waals surface area contributed by atoms with Crippen molar-refractivity contribution < 1.29 is 18.8 Å². The van der Waals surface area contributed by atoms with E-state index >= 15 is 0 Å². The van der Waals surface area contributed by atoms with Crippen LogP contribution in [-0.4, -0.2) is 38.2 Å². The first-order valence-corrected chi connectivity index (χ1v) is 9.35. The van der Waals surface area contributed by atoms with Gasteiger partial charge in [-0.15, -0.1) is 0 Å². The molecule has 1 atom stereocenters. The van der Waals surface area contributed by atoms with Gasteiger partial charge in [0.1, 0.15) is 18.1 Å². The maximum Gasteiger partial charge on any atom is 0.255 e. The highest BCUT2D eigenvalue weighted by molar-refractivity contribution is 6.05. The maximum absolute atomic E-state index is 12.8. The minimum absolute atomic E-state index is 0.179. The number of nitrogens with zero attached hydrogens (tertiary/aromatic N) is 3. The number of carbonyl (C=O) groups excluding carboxylic acids is 3. The highest BCUT2D eigenvalue weighted by Crippen LogP contribution is 2.32. The summed E-state index contributed by atoms with van der Waals surface area (Å²) in [5.74, 6) is -0.0879. The predicted molar refractivity (Wildman–Crippen MR) is 102 cm³/mol. The number of rotatable bonds is 3. The lowest BCUT2D eigenvalue weighted by atomic mass is 10.0. The van der Waals surface area contributed by atoms with Crippen LogP contribution in [0.25, 0.3) is 22.6 Å². The van der Waals surface area contributed by atoms with Crippen LogP contribution in [-0.2, 0) is 23.2 Å². The molecule has 1 saturated heterocycles. The summed E-state index contributed by atoms with van der Waals surface area (Å²) in [5.41, 5.74) is 4.02. The molecule has 1 aromatic carbocycles. The lowest BCUT2D eigenvalue weighted by Gasteiger charge is -2.29. The normalized spacial score (nSPS) is 18.9. The third-order valence-electron chi connectivity index (χ3n) is 5.48. The van der Waals surface area contributed by atoms with Gasteiger partial charge in [-0.2, -0.15) is 0 Å². The fourth-order valence-corrected chi connectivity index (χ4v) is 4.00. The van der Waals surface area contributed by atoms with Crippen molar-refractivity contribution >= 4 is 17.7 Å². The Morgan fingerprint density at radius 3 is 2.79 bits per heavy atom. The number of benzene rings is 1. The van der Waals surface area contributed by atoms with Gasteiger partial charge in [-0.1, -0.05) is 6.07 Å². The van der Waals surface area contributed by atoms with E-state index in [0.29, 0.717) is 18.5 Å². The zero-order valence-electron chi connectivity index (χ0n) is 15.7. The van der Waals surface area contributed by atoms with E-state index in [4.69, 9.17) is 9.40 Å².